The SMILES string of the molecule is COc1ccc2nc3c(nc2c1)O[C@H]1CN(C(=O)[C@H](C(C)(C)C)CC(=O)O[C@@H]2C[C@H]2CCCCC3)[C@H](C(=O)C[C@]2(C(=O)NS(=O)(=O)C3(C)CC3)C[C@H]2C(F)F)[C@@H]1CC(C)C. The minimum atomic E-state index is -4.21. The molecule has 13 nitrogen and oxygen atoms in total. The first kappa shape index (κ1) is 44.1. The summed E-state index contributed by atoms with van der Waals surface area (Å²) in [4.78, 5) is 68.8. The third-order valence-corrected chi connectivity index (χ3v) is 15.8. The highest BCUT2D eigenvalue weighted by molar-refractivity contribution is 7.91. The minimum absolute atomic E-state index is 0.0317. The number of aromatic nitrogens is 2. The van der Waals surface area contributed by atoms with Gasteiger partial charge >= 0.3 is 5.97 Å². The number of carbonyl (C=O) groups is 4. The summed E-state index contributed by atoms with van der Waals surface area (Å²) >= 11 is 0. The van der Waals surface area contributed by atoms with E-state index in [1.54, 1.807) is 19.2 Å². The molecule has 8 atom stereocenters. The van der Waals surface area contributed by atoms with Crippen LogP contribution in [-0.4, -0.2) is 89.9 Å². The smallest absolute Gasteiger partial charge is 0.306 e. The third-order valence-electron chi connectivity index (χ3n) is 13.7. The van der Waals surface area contributed by atoms with Gasteiger partial charge in [0.15, 0.2) is 5.78 Å². The van der Waals surface area contributed by atoms with Crippen molar-refractivity contribution in [1.82, 2.24) is 19.6 Å². The zero-order chi connectivity index (χ0) is 43.5. The summed E-state index contributed by atoms with van der Waals surface area (Å²) < 4.78 is 74.5. The van der Waals surface area contributed by atoms with E-state index < -0.39 is 91.9 Å². The van der Waals surface area contributed by atoms with Crippen LogP contribution in [-0.2, 0) is 40.4 Å². The second kappa shape index (κ2) is 16.4. The number of fused-ring (bicyclic) bond motifs is 5. The average Bonchev–Trinajstić information content (AvgIpc) is 4.11. The molecule has 0 radical (unpaired) electrons. The number of hydrogen-bond donors (Lipinski definition) is 1. The highest BCUT2D eigenvalue weighted by Gasteiger charge is 2.67. The van der Waals surface area contributed by atoms with Gasteiger partial charge in [0, 0.05) is 24.3 Å². The van der Waals surface area contributed by atoms with E-state index in [9.17, 15) is 26.8 Å². The fourth-order valence-electron chi connectivity index (χ4n) is 9.36. The number of aryl methyl sites for hydroxylation is 1. The lowest BCUT2D eigenvalue weighted by molar-refractivity contribution is -0.154. The molecule has 5 aliphatic rings. The molecule has 1 N–H and O–H groups in total. The van der Waals surface area contributed by atoms with Crippen molar-refractivity contribution in [3.8, 4) is 11.6 Å². The van der Waals surface area contributed by atoms with Gasteiger partial charge in [0.2, 0.25) is 34.1 Å². The molecule has 3 aliphatic carbocycles. The standard InChI is InChI=1S/C44H60F2N4O9S/c1-24(2)17-27-35-23-50(37(27)33(51)22-44(21-29(44)38(45)46)41(54)49-60(55,56)43(6)15-16-43)40(53)28(42(3,4)5)20-36(52)58-34-18-25(34)11-9-8-10-12-31-39(59-35)48-32-19-26(57-7)13-14-30(32)47-31/h13-14,19,24-25,27-29,34-35,37-38H,8-12,15-18,20-23H2,1-7H3,(H,49,54)/t25-,27-,28-,29+,34-,35+,37+,44-/m1/s1. The number of nitrogens with zero attached hydrogens (tertiary/aromatic N) is 3. The molecule has 16 heteroatoms. The fraction of sp³-hybridized carbons (Fsp3) is 0.727. The topological polar surface area (TPSA) is 171 Å². The summed E-state index contributed by atoms with van der Waals surface area (Å²) in [6.07, 6.45) is 0.461. The first-order chi connectivity index (χ1) is 28.2. The second-order valence-electron chi connectivity index (χ2n) is 19.8. The molecular weight excluding hydrogens is 799 g/mol. The van der Waals surface area contributed by atoms with Gasteiger partial charge in [-0.1, -0.05) is 47.5 Å². The van der Waals surface area contributed by atoms with Gasteiger partial charge in [-0.15, -0.1) is 0 Å². The van der Waals surface area contributed by atoms with Gasteiger partial charge < -0.3 is 19.1 Å². The van der Waals surface area contributed by atoms with Gasteiger partial charge in [-0.2, -0.15) is 0 Å². The van der Waals surface area contributed by atoms with Crippen LogP contribution in [0.4, 0.5) is 8.78 Å². The van der Waals surface area contributed by atoms with E-state index in [-0.39, 0.29) is 43.2 Å². The number of sulfonamides is 1. The molecule has 2 aliphatic heterocycles. The first-order valence-electron chi connectivity index (χ1n) is 21.6. The Morgan fingerprint density at radius 1 is 1.05 bits per heavy atom. The van der Waals surface area contributed by atoms with Crippen LogP contribution in [0, 0.1) is 40.4 Å². The van der Waals surface area contributed by atoms with Crippen molar-refractivity contribution in [1.29, 1.82) is 0 Å². The number of benzene rings is 1. The summed E-state index contributed by atoms with van der Waals surface area (Å²) in [5.74, 6) is -4.92. The van der Waals surface area contributed by atoms with E-state index in [1.807, 2.05) is 40.7 Å². The normalized spacial score (nSPS) is 30.7. The monoisotopic (exact) mass is 858 g/mol. The van der Waals surface area contributed by atoms with Crippen LogP contribution in [0.1, 0.15) is 118 Å². The number of ether oxygens (including phenoxy) is 3. The van der Waals surface area contributed by atoms with Gasteiger partial charge in [0.25, 0.3) is 0 Å². The maximum atomic E-state index is 15.1. The van der Waals surface area contributed by atoms with Gasteiger partial charge in [-0.05, 0) is 87.7 Å². The lowest BCUT2D eigenvalue weighted by Crippen LogP contribution is -2.50. The third kappa shape index (κ3) is 8.99. The minimum Gasteiger partial charge on any atom is -0.497 e. The Labute approximate surface area is 351 Å². The molecule has 3 heterocycles. The van der Waals surface area contributed by atoms with Crippen molar-refractivity contribution in [2.24, 2.45) is 40.4 Å². The fourth-order valence-corrected chi connectivity index (χ4v) is 10.7. The van der Waals surface area contributed by atoms with Crippen LogP contribution in [0.5, 0.6) is 11.6 Å². The predicted molar refractivity (Wildman–Crippen MR) is 218 cm³/mol. The molecule has 1 saturated heterocycles. The largest absolute Gasteiger partial charge is 0.497 e. The molecule has 0 spiro atoms. The highest BCUT2D eigenvalue weighted by atomic mass is 32.2. The molecule has 4 fully saturated rings. The zero-order valence-corrected chi connectivity index (χ0v) is 36.6. The van der Waals surface area contributed by atoms with Crippen molar-refractivity contribution in [3.63, 3.8) is 0 Å². The summed E-state index contributed by atoms with van der Waals surface area (Å²) in [5, 5.41) is 0. The van der Waals surface area contributed by atoms with Crippen molar-refractivity contribution in [2.75, 3.05) is 13.7 Å². The van der Waals surface area contributed by atoms with E-state index in [2.05, 4.69) is 4.72 Å². The number of nitrogens with one attached hydrogen (secondary N) is 1. The van der Waals surface area contributed by atoms with E-state index in [1.165, 1.54) is 11.8 Å². The van der Waals surface area contributed by atoms with Crippen LogP contribution in [0.25, 0.3) is 11.0 Å². The lowest BCUT2D eigenvalue weighted by atomic mass is 9.77. The number of esters is 1. The first-order valence-corrected chi connectivity index (χ1v) is 23.0. The number of alkyl halides is 2. The molecule has 2 aromatic rings. The van der Waals surface area contributed by atoms with Crippen molar-refractivity contribution < 1.29 is 50.6 Å². The van der Waals surface area contributed by atoms with Crippen LogP contribution in [0.15, 0.2) is 18.2 Å². The Morgan fingerprint density at radius 2 is 1.78 bits per heavy atom. The van der Waals surface area contributed by atoms with Crippen LogP contribution >= 0.6 is 0 Å². The molecule has 60 heavy (non-hydrogen) atoms. The number of rotatable bonds is 10. The molecule has 7 rings (SSSR count). The molecule has 3 saturated carbocycles. The van der Waals surface area contributed by atoms with E-state index in [0.717, 1.165) is 32.1 Å². The average molecular weight is 859 g/mol. The molecule has 330 valence electrons. The van der Waals surface area contributed by atoms with E-state index in [4.69, 9.17) is 24.2 Å². The molecule has 0 unspecified atom stereocenters. The number of carbonyl (C=O) groups excluding carboxylic acids is 4. The molecule has 2 bridgehead atoms. The summed E-state index contributed by atoms with van der Waals surface area (Å²) in [5.41, 5.74) is -0.979. The Hall–Kier alpha value is -3.95. The quantitative estimate of drug-likeness (QED) is 0.256. The van der Waals surface area contributed by atoms with Gasteiger partial charge in [-0.25, -0.2) is 27.2 Å². The molecule has 2 amide bonds. The Bertz CT molecular complexity index is 2120. The number of ketones is 1. The maximum absolute atomic E-state index is 15.1. The van der Waals surface area contributed by atoms with Crippen LogP contribution < -0.4 is 14.2 Å². The molecular formula is C44H60F2N4O9S. The Morgan fingerprint density at radius 3 is 2.42 bits per heavy atom. The molecule has 1 aromatic heterocycles. The van der Waals surface area contributed by atoms with Crippen molar-refractivity contribution in [3.05, 3.63) is 23.9 Å². The number of halogens is 2. The summed E-state index contributed by atoms with van der Waals surface area (Å²) in [6.45, 7) is 10.8. The predicted octanol–water partition coefficient (Wildman–Crippen LogP) is 6.59. The van der Waals surface area contributed by atoms with E-state index in [0.29, 0.717) is 48.2 Å². The summed E-state index contributed by atoms with van der Waals surface area (Å²) in [7, 11) is -2.65. The summed E-state index contributed by atoms with van der Waals surface area (Å²) in [6, 6.07) is 4.13. The lowest BCUT2D eigenvalue weighted by Gasteiger charge is -2.36. The van der Waals surface area contributed by atoms with Crippen molar-refractivity contribution >= 4 is 44.6 Å². The maximum Gasteiger partial charge on any atom is 0.306 e. The highest BCUT2D eigenvalue weighted by Crippen LogP contribution is 2.59. The van der Waals surface area contributed by atoms with Crippen LogP contribution in [0.3, 0.4) is 0 Å². The van der Waals surface area contributed by atoms with Crippen molar-refractivity contribution in [2.45, 2.75) is 148 Å². The van der Waals surface area contributed by atoms with Crippen LogP contribution in [0.2, 0.25) is 0 Å². The number of amides is 2. The number of methoxy groups -OCH3 is 1. The number of hydrogen-bond acceptors (Lipinski definition) is 11. The zero-order valence-electron chi connectivity index (χ0n) is 35.8. The number of Topliss-reactive ketones (excluding diaryl/α,β-unsaturated/α-hetero) is 1. The van der Waals surface area contributed by atoms with E-state index >= 15 is 9.59 Å². The molecule has 1 aromatic carbocycles. The second-order valence-corrected chi connectivity index (χ2v) is 22.0. The van der Waals surface area contributed by atoms with Gasteiger partial charge in [-0.3, -0.25) is 23.9 Å². The van der Waals surface area contributed by atoms with Gasteiger partial charge in [0.05, 0.1) is 53.2 Å². The Balaban J connectivity index is 1.30. The van der Waals surface area contributed by atoms with Gasteiger partial charge in [0.1, 0.15) is 23.7 Å². The Kier molecular flexibility index (Phi) is 12.1.